The molecule has 0 amide bonds. The second-order valence-corrected chi connectivity index (χ2v) is 9.97. The molecule has 4 nitrogen and oxygen atoms in total. The van der Waals surface area contributed by atoms with Crippen molar-refractivity contribution < 1.29 is 19.0 Å². The maximum atomic E-state index is 11.7. The van der Waals surface area contributed by atoms with Crippen LogP contribution in [0.25, 0.3) is 0 Å². The zero-order valence-corrected chi connectivity index (χ0v) is 21.2. The van der Waals surface area contributed by atoms with Crippen LogP contribution >= 0.6 is 0 Å². The molecule has 1 heterocycles. The Labute approximate surface area is 197 Å². The maximum Gasteiger partial charge on any atom is 0.308 e. The lowest BCUT2D eigenvalue weighted by Gasteiger charge is -2.27. The summed E-state index contributed by atoms with van der Waals surface area (Å²) in [5.74, 6) is 1.57. The molecule has 1 saturated heterocycles. The highest BCUT2D eigenvalue weighted by Gasteiger charge is 2.25. The molecule has 5 atom stereocenters. The molecular weight excluding hydrogens is 400 g/mol. The zero-order chi connectivity index (χ0) is 23.0. The van der Waals surface area contributed by atoms with Crippen molar-refractivity contribution in [2.75, 3.05) is 13.7 Å². The van der Waals surface area contributed by atoms with Gasteiger partial charge < -0.3 is 14.2 Å². The molecular formula is C28H50O4. The highest BCUT2D eigenvalue weighted by molar-refractivity contribution is 5.72. The molecule has 0 aromatic rings. The van der Waals surface area contributed by atoms with E-state index >= 15 is 0 Å². The molecule has 2 aliphatic rings. The quantitative estimate of drug-likeness (QED) is 0.138. The number of methoxy groups -OCH3 is 1. The van der Waals surface area contributed by atoms with Crippen LogP contribution in [0.15, 0.2) is 12.2 Å². The lowest BCUT2D eigenvalue weighted by Crippen LogP contribution is -2.27. The Morgan fingerprint density at radius 1 is 1.00 bits per heavy atom. The molecule has 0 bridgehead atoms. The fourth-order valence-corrected chi connectivity index (χ4v) is 5.39. The molecule has 1 saturated carbocycles. The fraction of sp³-hybridized carbons (Fsp3) is 0.893. The summed E-state index contributed by atoms with van der Waals surface area (Å²) >= 11 is 0. The lowest BCUT2D eigenvalue weighted by atomic mass is 9.89. The molecule has 1 aliphatic carbocycles. The Morgan fingerprint density at radius 2 is 1.84 bits per heavy atom. The fourth-order valence-electron chi connectivity index (χ4n) is 5.39. The summed E-state index contributed by atoms with van der Waals surface area (Å²) in [4.78, 5) is 11.7. The van der Waals surface area contributed by atoms with Crippen LogP contribution in [0.1, 0.15) is 117 Å². The number of hydrogen-bond donors (Lipinski definition) is 0. The molecule has 2 fully saturated rings. The molecule has 0 radical (unpaired) electrons. The van der Waals surface area contributed by atoms with Crippen LogP contribution in [0.5, 0.6) is 0 Å². The summed E-state index contributed by atoms with van der Waals surface area (Å²) in [5.41, 5.74) is 0. The Balaban J connectivity index is 1.74. The smallest absolute Gasteiger partial charge is 0.308 e. The van der Waals surface area contributed by atoms with E-state index in [4.69, 9.17) is 14.2 Å². The first-order chi connectivity index (χ1) is 15.7. The van der Waals surface area contributed by atoms with Crippen molar-refractivity contribution in [1.82, 2.24) is 0 Å². The van der Waals surface area contributed by atoms with Gasteiger partial charge in [0.2, 0.25) is 0 Å². The first kappa shape index (κ1) is 27.4. The van der Waals surface area contributed by atoms with Crippen LogP contribution in [0.4, 0.5) is 0 Å². The van der Waals surface area contributed by atoms with E-state index in [1.54, 1.807) is 0 Å². The lowest BCUT2D eigenvalue weighted by molar-refractivity contribution is -0.179. The number of esters is 1. The van der Waals surface area contributed by atoms with Crippen LogP contribution in [-0.4, -0.2) is 32.1 Å². The minimum Gasteiger partial charge on any atom is -0.469 e. The van der Waals surface area contributed by atoms with Crippen molar-refractivity contribution in [2.24, 2.45) is 17.8 Å². The number of allylic oxidation sites excluding steroid dienone is 1. The van der Waals surface area contributed by atoms with E-state index in [1.165, 1.54) is 77.7 Å². The topological polar surface area (TPSA) is 44.8 Å². The van der Waals surface area contributed by atoms with Crippen molar-refractivity contribution in [1.29, 1.82) is 0 Å². The summed E-state index contributed by atoms with van der Waals surface area (Å²) in [6.45, 7) is 5.19. The van der Waals surface area contributed by atoms with Gasteiger partial charge in [0.25, 0.3) is 0 Å². The monoisotopic (exact) mass is 450 g/mol. The van der Waals surface area contributed by atoms with Gasteiger partial charge in [0.1, 0.15) is 0 Å². The molecule has 0 spiro atoms. The molecule has 0 N–H and O–H groups in total. The maximum absolute atomic E-state index is 11.7. The highest BCUT2D eigenvalue weighted by atomic mass is 16.7. The zero-order valence-electron chi connectivity index (χ0n) is 21.2. The van der Waals surface area contributed by atoms with Gasteiger partial charge in [0, 0.05) is 6.61 Å². The Kier molecular flexibility index (Phi) is 14.3. The average molecular weight is 451 g/mol. The number of hydrogen-bond acceptors (Lipinski definition) is 4. The van der Waals surface area contributed by atoms with Crippen molar-refractivity contribution in [3.05, 3.63) is 12.2 Å². The van der Waals surface area contributed by atoms with Crippen LogP contribution in [0, 0.1) is 17.8 Å². The standard InChI is InChI=1S/C28H50O4/c1-4-6-8-18-26(32-27-19-11-12-22-31-27)21-20-25-17-13-16-24(25)15-10-7-9-14-23(5-2)28(29)30-3/h20-21,23-27H,4-19,22H2,1-3H3/t23?,24-,25+,26?,27?/m0/s1. The average Bonchev–Trinajstić information content (AvgIpc) is 3.27. The Morgan fingerprint density at radius 3 is 2.56 bits per heavy atom. The van der Waals surface area contributed by atoms with E-state index in [0.717, 1.165) is 44.6 Å². The van der Waals surface area contributed by atoms with Gasteiger partial charge in [0.05, 0.1) is 19.1 Å². The van der Waals surface area contributed by atoms with Crippen LogP contribution < -0.4 is 0 Å². The van der Waals surface area contributed by atoms with Gasteiger partial charge in [-0.2, -0.15) is 0 Å². The number of ether oxygens (including phenoxy) is 3. The van der Waals surface area contributed by atoms with E-state index in [-0.39, 0.29) is 24.3 Å². The molecule has 2 rings (SSSR count). The van der Waals surface area contributed by atoms with Crippen LogP contribution in [0.2, 0.25) is 0 Å². The van der Waals surface area contributed by atoms with E-state index in [9.17, 15) is 4.79 Å². The largest absolute Gasteiger partial charge is 0.469 e. The van der Waals surface area contributed by atoms with Crippen molar-refractivity contribution in [2.45, 2.75) is 129 Å². The molecule has 0 aromatic heterocycles. The minimum atomic E-state index is -0.0390. The van der Waals surface area contributed by atoms with Gasteiger partial charge in [-0.05, 0) is 69.6 Å². The van der Waals surface area contributed by atoms with E-state index < -0.39 is 0 Å². The summed E-state index contributed by atoms with van der Waals surface area (Å²) in [6.07, 6.45) is 24.2. The van der Waals surface area contributed by atoms with Gasteiger partial charge in [-0.15, -0.1) is 0 Å². The first-order valence-electron chi connectivity index (χ1n) is 13.7. The van der Waals surface area contributed by atoms with Crippen molar-refractivity contribution >= 4 is 5.97 Å². The number of carbonyl (C=O) groups is 1. The Bertz CT molecular complexity index is 512. The van der Waals surface area contributed by atoms with Gasteiger partial charge in [-0.1, -0.05) is 70.9 Å². The van der Waals surface area contributed by atoms with Crippen LogP contribution in [-0.2, 0) is 19.0 Å². The molecule has 1 aliphatic heterocycles. The molecule has 3 unspecified atom stereocenters. The van der Waals surface area contributed by atoms with Crippen molar-refractivity contribution in [3.63, 3.8) is 0 Å². The van der Waals surface area contributed by atoms with E-state index in [0.29, 0.717) is 5.92 Å². The summed E-state index contributed by atoms with van der Waals surface area (Å²) in [7, 11) is 1.50. The van der Waals surface area contributed by atoms with Gasteiger partial charge in [-0.3, -0.25) is 4.79 Å². The summed E-state index contributed by atoms with van der Waals surface area (Å²) < 4.78 is 17.1. The first-order valence-corrected chi connectivity index (χ1v) is 13.7. The van der Waals surface area contributed by atoms with Gasteiger partial charge in [0.15, 0.2) is 6.29 Å². The normalized spacial score (nSPS) is 25.8. The van der Waals surface area contributed by atoms with Crippen molar-refractivity contribution in [3.8, 4) is 0 Å². The second-order valence-electron chi connectivity index (χ2n) is 9.97. The molecule has 4 heteroatoms. The number of rotatable bonds is 16. The predicted molar refractivity (Wildman–Crippen MR) is 131 cm³/mol. The molecule has 0 aromatic carbocycles. The third-order valence-electron chi connectivity index (χ3n) is 7.50. The van der Waals surface area contributed by atoms with E-state index in [1.807, 2.05) is 0 Å². The highest BCUT2D eigenvalue weighted by Crippen LogP contribution is 2.37. The molecule has 186 valence electrons. The van der Waals surface area contributed by atoms with Crippen LogP contribution in [0.3, 0.4) is 0 Å². The molecule has 32 heavy (non-hydrogen) atoms. The number of unbranched alkanes of at least 4 members (excludes halogenated alkanes) is 4. The third-order valence-corrected chi connectivity index (χ3v) is 7.50. The summed E-state index contributed by atoms with van der Waals surface area (Å²) in [5, 5.41) is 0. The third kappa shape index (κ3) is 10.4. The van der Waals surface area contributed by atoms with Gasteiger partial charge >= 0.3 is 5.97 Å². The number of carbonyl (C=O) groups excluding carboxylic acids is 1. The van der Waals surface area contributed by atoms with Gasteiger partial charge in [-0.25, -0.2) is 0 Å². The minimum absolute atomic E-state index is 0.00339. The predicted octanol–water partition coefficient (Wildman–Crippen LogP) is 7.60. The van der Waals surface area contributed by atoms with E-state index in [2.05, 4.69) is 26.0 Å². The second kappa shape index (κ2) is 16.7. The Hall–Kier alpha value is -0.870. The summed E-state index contributed by atoms with van der Waals surface area (Å²) in [6, 6.07) is 0. The SMILES string of the molecule is CCCCCC(C=C[C@H]1CCC[C@@H]1CCCCCC(CC)C(=O)OC)OC1CCCCO1.